The molecule has 3 heteroatoms. The molecule has 0 bridgehead atoms. The lowest BCUT2D eigenvalue weighted by Crippen LogP contribution is -2.14. The summed E-state index contributed by atoms with van der Waals surface area (Å²) >= 11 is 0. The molecule has 1 aromatic heterocycles. The number of carbonyl (C=O) groups is 1. The van der Waals surface area contributed by atoms with Crippen LogP contribution in [0.1, 0.15) is 80.4 Å². The molecule has 1 heterocycles. The third kappa shape index (κ3) is 8.02. The Morgan fingerprint density at radius 1 is 0.848 bits per heavy atom. The SMILES string of the molecule is CCCCCCCC(CC)C(=O)c1ccc(Nc2ccc(/C=C/c3ccccn3)cc2)cc1. The standard InChI is InChI=1S/C30H36N2O/c1-3-5-6-7-8-11-25(4-2)30(33)26-16-21-29(22-17-26)32-28-19-14-24(15-20-28)13-18-27-12-9-10-23-31-27/h9-10,12-23,25,32H,3-8,11H2,1-2H3/b18-13+. The van der Waals surface area contributed by atoms with Crippen LogP contribution in [0.25, 0.3) is 12.2 Å². The minimum Gasteiger partial charge on any atom is -0.356 e. The van der Waals surface area contributed by atoms with Crippen LogP contribution in [-0.4, -0.2) is 10.8 Å². The Labute approximate surface area is 199 Å². The molecule has 33 heavy (non-hydrogen) atoms. The maximum Gasteiger partial charge on any atom is 0.165 e. The van der Waals surface area contributed by atoms with Gasteiger partial charge in [0.15, 0.2) is 5.78 Å². The molecule has 1 atom stereocenters. The molecule has 172 valence electrons. The summed E-state index contributed by atoms with van der Waals surface area (Å²) in [6.07, 6.45) is 14.0. The molecule has 1 unspecified atom stereocenters. The number of pyridine rings is 1. The van der Waals surface area contributed by atoms with Gasteiger partial charge in [-0.15, -0.1) is 0 Å². The highest BCUT2D eigenvalue weighted by atomic mass is 16.1. The largest absolute Gasteiger partial charge is 0.356 e. The number of anilines is 2. The van der Waals surface area contributed by atoms with E-state index in [2.05, 4.69) is 54.5 Å². The van der Waals surface area contributed by atoms with E-state index < -0.39 is 0 Å². The first-order valence-electron chi connectivity index (χ1n) is 12.3. The number of nitrogens with zero attached hydrogens (tertiary/aromatic N) is 1. The van der Waals surface area contributed by atoms with Crippen LogP contribution < -0.4 is 5.32 Å². The molecule has 0 saturated carbocycles. The van der Waals surface area contributed by atoms with Crippen LogP contribution in [0, 0.1) is 5.92 Å². The highest BCUT2D eigenvalue weighted by Gasteiger charge is 2.17. The van der Waals surface area contributed by atoms with E-state index in [1.165, 1.54) is 25.7 Å². The zero-order valence-corrected chi connectivity index (χ0v) is 20.0. The van der Waals surface area contributed by atoms with Crippen LogP contribution in [-0.2, 0) is 0 Å². The Morgan fingerprint density at radius 2 is 1.55 bits per heavy atom. The van der Waals surface area contributed by atoms with Crippen LogP contribution in [0.2, 0.25) is 0 Å². The van der Waals surface area contributed by atoms with Gasteiger partial charge < -0.3 is 5.32 Å². The van der Waals surface area contributed by atoms with Gasteiger partial charge in [-0.1, -0.05) is 70.2 Å². The van der Waals surface area contributed by atoms with Crippen molar-refractivity contribution >= 4 is 29.3 Å². The number of aromatic nitrogens is 1. The number of hydrogen-bond acceptors (Lipinski definition) is 3. The highest BCUT2D eigenvalue weighted by Crippen LogP contribution is 2.23. The Bertz CT molecular complexity index is 992. The fourth-order valence-electron chi connectivity index (χ4n) is 3.97. The molecular weight excluding hydrogens is 404 g/mol. The summed E-state index contributed by atoms with van der Waals surface area (Å²) in [4.78, 5) is 17.2. The van der Waals surface area contributed by atoms with Crippen molar-refractivity contribution < 1.29 is 4.79 Å². The van der Waals surface area contributed by atoms with Crippen molar-refractivity contribution in [2.75, 3.05) is 5.32 Å². The van der Waals surface area contributed by atoms with E-state index in [0.717, 1.165) is 47.5 Å². The zero-order valence-electron chi connectivity index (χ0n) is 20.0. The molecule has 0 spiro atoms. The topological polar surface area (TPSA) is 42.0 Å². The lowest BCUT2D eigenvalue weighted by Gasteiger charge is -2.14. The molecule has 3 nitrogen and oxygen atoms in total. The third-order valence-corrected chi connectivity index (χ3v) is 6.02. The predicted octanol–water partition coefficient (Wildman–Crippen LogP) is 8.57. The van der Waals surface area contributed by atoms with Crippen LogP contribution in [0.4, 0.5) is 11.4 Å². The van der Waals surface area contributed by atoms with Gasteiger partial charge in [0.2, 0.25) is 0 Å². The van der Waals surface area contributed by atoms with Gasteiger partial charge >= 0.3 is 0 Å². The summed E-state index contributed by atoms with van der Waals surface area (Å²) in [5.41, 5.74) is 4.87. The fraction of sp³-hybridized carbons (Fsp3) is 0.333. The molecule has 0 fully saturated rings. The lowest BCUT2D eigenvalue weighted by atomic mass is 9.90. The molecule has 1 N–H and O–H groups in total. The zero-order chi connectivity index (χ0) is 23.3. The quantitative estimate of drug-likeness (QED) is 0.214. The molecule has 3 rings (SSSR count). The smallest absolute Gasteiger partial charge is 0.165 e. The molecule has 0 aliphatic rings. The number of unbranched alkanes of at least 4 members (excludes halogenated alkanes) is 4. The first kappa shape index (κ1) is 24.4. The molecule has 0 radical (unpaired) electrons. The van der Waals surface area contributed by atoms with Gasteiger partial charge in [0.05, 0.1) is 5.69 Å². The van der Waals surface area contributed by atoms with E-state index in [9.17, 15) is 4.79 Å². The van der Waals surface area contributed by atoms with Gasteiger partial charge in [-0.2, -0.15) is 0 Å². The van der Waals surface area contributed by atoms with E-state index in [4.69, 9.17) is 0 Å². The monoisotopic (exact) mass is 440 g/mol. The molecule has 0 aliphatic heterocycles. The maximum absolute atomic E-state index is 12.9. The number of hydrogen-bond donors (Lipinski definition) is 1. The summed E-state index contributed by atoms with van der Waals surface area (Å²) < 4.78 is 0. The second kappa shape index (κ2) is 13.4. The van der Waals surface area contributed by atoms with Gasteiger partial charge in [0, 0.05) is 29.1 Å². The number of ketones is 1. The van der Waals surface area contributed by atoms with E-state index in [1.807, 2.05) is 48.5 Å². The normalized spacial score (nSPS) is 12.1. The summed E-state index contributed by atoms with van der Waals surface area (Å²) in [6, 6.07) is 22.0. The fourth-order valence-corrected chi connectivity index (χ4v) is 3.97. The van der Waals surface area contributed by atoms with Crippen molar-refractivity contribution in [3.8, 4) is 0 Å². The summed E-state index contributed by atoms with van der Waals surface area (Å²) in [7, 11) is 0. The van der Waals surface area contributed by atoms with E-state index in [1.54, 1.807) is 6.20 Å². The Morgan fingerprint density at radius 3 is 2.18 bits per heavy atom. The molecule has 0 saturated heterocycles. The van der Waals surface area contributed by atoms with Crippen LogP contribution in [0.3, 0.4) is 0 Å². The van der Waals surface area contributed by atoms with Crippen molar-refractivity contribution in [3.05, 3.63) is 89.7 Å². The lowest BCUT2D eigenvalue weighted by molar-refractivity contribution is 0.0907. The van der Waals surface area contributed by atoms with E-state index >= 15 is 0 Å². The second-order valence-corrected chi connectivity index (χ2v) is 8.58. The molecule has 3 aromatic rings. The average molecular weight is 441 g/mol. The predicted molar refractivity (Wildman–Crippen MR) is 141 cm³/mol. The van der Waals surface area contributed by atoms with E-state index in [-0.39, 0.29) is 11.7 Å². The minimum absolute atomic E-state index is 0.136. The van der Waals surface area contributed by atoms with Gasteiger partial charge in [-0.3, -0.25) is 9.78 Å². The molecule has 0 amide bonds. The van der Waals surface area contributed by atoms with Crippen molar-refractivity contribution in [2.45, 2.75) is 58.8 Å². The van der Waals surface area contributed by atoms with Gasteiger partial charge in [0.25, 0.3) is 0 Å². The summed E-state index contributed by atoms with van der Waals surface area (Å²) in [5, 5.41) is 3.42. The number of benzene rings is 2. The molecule has 2 aromatic carbocycles. The van der Waals surface area contributed by atoms with Gasteiger partial charge in [-0.25, -0.2) is 0 Å². The maximum atomic E-state index is 12.9. The molecular formula is C30H36N2O. The average Bonchev–Trinajstić information content (AvgIpc) is 2.86. The van der Waals surface area contributed by atoms with Gasteiger partial charge in [0.1, 0.15) is 0 Å². The van der Waals surface area contributed by atoms with Crippen LogP contribution >= 0.6 is 0 Å². The van der Waals surface area contributed by atoms with Gasteiger partial charge in [-0.05, 0) is 73.0 Å². The second-order valence-electron chi connectivity index (χ2n) is 8.58. The molecule has 0 aliphatic carbocycles. The number of Topliss-reactive ketones (excluding diaryl/α,β-unsaturated/α-hetero) is 1. The van der Waals surface area contributed by atoms with Crippen molar-refractivity contribution in [1.29, 1.82) is 0 Å². The number of nitrogens with one attached hydrogen (secondary N) is 1. The summed E-state index contributed by atoms with van der Waals surface area (Å²) in [5.74, 6) is 0.417. The number of carbonyl (C=O) groups excluding carboxylic acids is 1. The Kier molecular flexibility index (Phi) is 9.90. The van der Waals surface area contributed by atoms with Crippen molar-refractivity contribution in [3.63, 3.8) is 0 Å². The van der Waals surface area contributed by atoms with Crippen molar-refractivity contribution in [1.82, 2.24) is 4.98 Å². The third-order valence-electron chi connectivity index (χ3n) is 6.02. The van der Waals surface area contributed by atoms with Crippen LogP contribution in [0.5, 0.6) is 0 Å². The number of rotatable bonds is 13. The van der Waals surface area contributed by atoms with Crippen LogP contribution in [0.15, 0.2) is 72.9 Å². The van der Waals surface area contributed by atoms with Crippen molar-refractivity contribution in [2.24, 2.45) is 5.92 Å². The highest BCUT2D eigenvalue weighted by molar-refractivity contribution is 5.98. The summed E-state index contributed by atoms with van der Waals surface area (Å²) in [6.45, 7) is 4.36. The van der Waals surface area contributed by atoms with E-state index in [0.29, 0.717) is 0 Å². The minimum atomic E-state index is 0.136. The first-order chi connectivity index (χ1) is 16.2. The first-order valence-corrected chi connectivity index (χ1v) is 12.3. The Hall–Kier alpha value is -3.20. The Balaban J connectivity index is 1.53.